The zero-order valence-corrected chi connectivity index (χ0v) is 22.1. The molecule has 0 aromatic carbocycles. The first kappa shape index (κ1) is 28.0. The van der Waals surface area contributed by atoms with E-state index in [1.807, 2.05) is 6.08 Å². The molecule has 6 unspecified atom stereocenters. The van der Waals surface area contributed by atoms with Crippen LogP contribution in [0.4, 0.5) is 0 Å². The Morgan fingerprint density at radius 3 is 2.81 bits per heavy atom. The number of rotatable bonds is 3. The SMILES string of the molecule is C=C1CC(C)C[C@@H]2CC=CC(C/C=C\C(=O)OC(C(O)/C=C/C3CC=CCCC3)C[C@@H]3OC3[C@@H](O)C1)O2. The Morgan fingerprint density at radius 2 is 1.95 bits per heavy atom. The zero-order valence-electron chi connectivity index (χ0n) is 22.1. The number of esters is 1. The number of hydrogen-bond acceptors (Lipinski definition) is 6. The van der Waals surface area contributed by atoms with Crippen LogP contribution in [0.1, 0.15) is 71.1 Å². The van der Waals surface area contributed by atoms with Gasteiger partial charge in [-0.05, 0) is 69.6 Å². The second-order valence-corrected chi connectivity index (χ2v) is 11.3. The molecule has 4 rings (SSSR count). The van der Waals surface area contributed by atoms with Crippen molar-refractivity contribution < 1.29 is 29.2 Å². The minimum atomic E-state index is -0.946. The van der Waals surface area contributed by atoms with E-state index in [4.69, 9.17) is 14.2 Å². The normalized spacial score (nSPS) is 39.6. The van der Waals surface area contributed by atoms with E-state index in [0.717, 1.165) is 50.5 Å². The van der Waals surface area contributed by atoms with Gasteiger partial charge in [0.1, 0.15) is 18.3 Å². The standard InChI is InChI=1S/C31H44O6/c1-21-17-22(2)19-27(33)31-29(37-31)20-28(26(32)16-15-23-9-5-3-4-6-10-23)36-30(34)14-8-12-24-11-7-13-25(18-21)35-24/h3,5,7-8,11,14-16,21,23-29,31-33H,2,4,6,9-10,12-13,17-20H2,1H3/b14-8-,16-15+/t21?,23?,24?,25-,26?,27-,28?,29-,31?/m0/s1. The second kappa shape index (κ2) is 13.7. The first-order chi connectivity index (χ1) is 17.9. The van der Waals surface area contributed by atoms with E-state index in [1.54, 1.807) is 12.2 Å². The topological polar surface area (TPSA) is 88.5 Å². The maximum Gasteiger partial charge on any atom is 0.330 e. The smallest absolute Gasteiger partial charge is 0.330 e. The Balaban J connectivity index is 1.44. The van der Waals surface area contributed by atoms with Crippen molar-refractivity contribution in [1.82, 2.24) is 0 Å². The summed E-state index contributed by atoms with van der Waals surface area (Å²) in [6.45, 7) is 6.40. The summed E-state index contributed by atoms with van der Waals surface area (Å²) < 4.78 is 17.7. The van der Waals surface area contributed by atoms with Crippen LogP contribution in [0.3, 0.4) is 0 Å². The highest BCUT2D eigenvalue weighted by Crippen LogP contribution is 2.35. The van der Waals surface area contributed by atoms with E-state index < -0.39 is 24.3 Å². The fraction of sp³-hybridized carbons (Fsp3) is 0.645. The molecule has 3 heterocycles. The molecule has 6 heteroatoms. The summed E-state index contributed by atoms with van der Waals surface area (Å²) in [4.78, 5) is 12.7. The van der Waals surface area contributed by atoms with Gasteiger partial charge in [0.2, 0.25) is 0 Å². The summed E-state index contributed by atoms with van der Waals surface area (Å²) in [5.41, 5.74) is 1.00. The third-order valence-corrected chi connectivity index (χ3v) is 7.79. The summed E-state index contributed by atoms with van der Waals surface area (Å²) >= 11 is 0. The van der Waals surface area contributed by atoms with Gasteiger partial charge in [0.05, 0.1) is 24.4 Å². The molecule has 2 N–H and O–H groups in total. The summed E-state index contributed by atoms with van der Waals surface area (Å²) in [5, 5.41) is 21.7. The molecule has 0 spiro atoms. The number of epoxide rings is 1. The minimum absolute atomic E-state index is 0.0718. The highest BCUT2D eigenvalue weighted by atomic mass is 16.6. The van der Waals surface area contributed by atoms with Crippen LogP contribution in [0.25, 0.3) is 0 Å². The van der Waals surface area contributed by atoms with Crippen LogP contribution in [-0.4, -0.2) is 58.9 Å². The number of carbonyl (C=O) groups is 1. The molecule has 3 aliphatic heterocycles. The quantitative estimate of drug-likeness (QED) is 0.310. The number of aliphatic hydroxyl groups excluding tert-OH is 2. The van der Waals surface area contributed by atoms with Crippen molar-refractivity contribution in [2.75, 3.05) is 0 Å². The van der Waals surface area contributed by atoms with E-state index in [0.29, 0.717) is 31.1 Å². The summed E-state index contributed by atoms with van der Waals surface area (Å²) in [7, 11) is 0. The lowest BCUT2D eigenvalue weighted by atomic mass is 9.91. The average molecular weight is 513 g/mol. The molecule has 204 valence electrons. The number of carbonyl (C=O) groups excluding carboxylic acids is 1. The Labute approximate surface area is 221 Å². The lowest BCUT2D eigenvalue weighted by molar-refractivity contribution is -0.148. The van der Waals surface area contributed by atoms with Crippen molar-refractivity contribution in [1.29, 1.82) is 0 Å². The fourth-order valence-electron chi connectivity index (χ4n) is 5.77. The third-order valence-electron chi connectivity index (χ3n) is 7.79. The molecular formula is C31H44O6. The van der Waals surface area contributed by atoms with Crippen molar-refractivity contribution >= 4 is 5.97 Å². The van der Waals surface area contributed by atoms with E-state index in [-0.39, 0.29) is 24.4 Å². The molecule has 6 nitrogen and oxygen atoms in total. The fourth-order valence-corrected chi connectivity index (χ4v) is 5.77. The minimum Gasteiger partial charge on any atom is -0.456 e. The van der Waals surface area contributed by atoms with Crippen LogP contribution in [-0.2, 0) is 19.0 Å². The Hall–Kier alpha value is -1.99. The summed E-state index contributed by atoms with van der Waals surface area (Å²) in [6, 6.07) is 0. The summed E-state index contributed by atoms with van der Waals surface area (Å²) in [5.74, 6) is 0.273. The molecule has 1 saturated heterocycles. The van der Waals surface area contributed by atoms with Gasteiger partial charge < -0.3 is 24.4 Å². The third kappa shape index (κ3) is 9.06. The molecule has 9 atom stereocenters. The van der Waals surface area contributed by atoms with Crippen LogP contribution >= 0.6 is 0 Å². The van der Waals surface area contributed by atoms with Gasteiger partial charge in [0.25, 0.3) is 0 Å². The average Bonchev–Trinajstić information content (AvgIpc) is 3.65. The molecule has 0 amide bonds. The predicted molar refractivity (Wildman–Crippen MR) is 144 cm³/mol. The maximum absolute atomic E-state index is 12.7. The van der Waals surface area contributed by atoms with Crippen LogP contribution < -0.4 is 0 Å². The Morgan fingerprint density at radius 1 is 1.08 bits per heavy atom. The number of cyclic esters (lactones) is 1. The molecule has 1 fully saturated rings. The lowest BCUT2D eigenvalue weighted by Gasteiger charge is -2.28. The first-order valence-electron chi connectivity index (χ1n) is 14.1. The van der Waals surface area contributed by atoms with E-state index in [9.17, 15) is 15.0 Å². The largest absolute Gasteiger partial charge is 0.456 e. The van der Waals surface area contributed by atoms with E-state index >= 15 is 0 Å². The van der Waals surface area contributed by atoms with E-state index in [2.05, 4.69) is 37.8 Å². The van der Waals surface area contributed by atoms with Crippen LogP contribution in [0.5, 0.6) is 0 Å². The van der Waals surface area contributed by atoms with E-state index in [1.165, 1.54) is 6.08 Å². The van der Waals surface area contributed by atoms with Crippen molar-refractivity contribution in [2.45, 2.75) is 114 Å². The van der Waals surface area contributed by atoms with Gasteiger partial charge in [-0.3, -0.25) is 0 Å². The molecule has 0 aromatic heterocycles. The molecule has 1 aliphatic carbocycles. The Bertz CT molecular complexity index is 888. The van der Waals surface area contributed by atoms with Gasteiger partial charge in [-0.2, -0.15) is 0 Å². The maximum atomic E-state index is 12.7. The van der Waals surface area contributed by atoms with Gasteiger partial charge in [0.15, 0.2) is 0 Å². The van der Waals surface area contributed by atoms with Crippen LogP contribution in [0, 0.1) is 11.8 Å². The Kier molecular flexibility index (Phi) is 10.4. The molecule has 4 aliphatic rings. The highest BCUT2D eigenvalue weighted by Gasteiger charge is 2.46. The number of aliphatic hydroxyl groups is 2. The van der Waals surface area contributed by atoms with Crippen molar-refractivity contribution in [3.63, 3.8) is 0 Å². The van der Waals surface area contributed by atoms with Crippen LogP contribution in [0.15, 0.2) is 60.8 Å². The lowest BCUT2D eigenvalue weighted by Crippen LogP contribution is -2.32. The summed E-state index contributed by atoms with van der Waals surface area (Å²) in [6.07, 6.45) is 21.0. The number of allylic oxidation sites excluding steroid dienone is 3. The number of ether oxygens (including phenoxy) is 3. The highest BCUT2D eigenvalue weighted by molar-refractivity contribution is 5.82. The van der Waals surface area contributed by atoms with Crippen molar-refractivity contribution in [3.05, 3.63) is 60.8 Å². The number of hydrogen-bond donors (Lipinski definition) is 2. The molecule has 0 saturated carbocycles. The molecule has 0 aromatic rings. The van der Waals surface area contributed by atoms with Crippen molar-refractivity contribution in [3.8, 4) is 0 Å². The van der Waals surface area contributed by atoms with Crippen LogP contribution in [0.2, 0.25) is 0 Å². The van der Waals surface area contributed by atoms with Gasteiger partial charge in [-0.1, -0.05) is 61.6 Å². The predicted octanol–water partition coefficient (Wildman–Crippen LogP) is 5.12. The molecule has 0 radical (unpaired) electrons. The van der Waals surface area contributed by atoms with Gasteiger partial charge in [-0.15, -0.1) is 0 Å². The first-order valence-corrected chi connectivity index (χ1v) is 14.1. The van der Waals surface area contributed by atoms with Gasteiger partial charge in [-0.25, -0.2) is 4.79 Å². The van der Waals surface area contributed by atoms with Gasteiger partial charge >= 0.3 is 5.97 Å². The van der Waals surface area contributed by atoms with Gasteiger partial charge in [0, 0.05) is 12.5 Å². The van der Waals surface area contributed by atoms with Crippen molar-refractivity contribution in [2.24, 2.45) is 11.8 Å². The number of fused-ring (bicyclic) bond motifs is 3. The monoisotopic (exact) mass is 512 g/mol. The molecular weight excluding hydrogens is 468 g/mol. The zero-order chi connectivity index (χ0) is 26.2. The second-order valence-electron chi connectivity index (χ2n) is 11.3. The molecule has 2 bridgehead atoms. The molecule has 37 heavy (non-hydrogen) atoms.